The number of nitrogens with one attached hydrogen (secondary N) is 1. The molecule has 1 fully saturated rings. The highest BCUT2D eigenvalue weighted by atomic mass is 127. The number of carbonyl (C=O) groups is 2. The standard InChI is InChI=1S/C20H19IN4O2/c21-18-4-2-1-3-17(18)20(27)25-11-9-24(10-12-25)19(26)14-23-16-7-5-15(13-22)6-8-16/h1-8,23H,9-12,14H2. The van der Waals surface area contributed by atoms with Crippen molar-refractivity contribution in [3.8, 4) is 6.07 Å². The molecule has 3 rings (SSSR count). The lowest BCUT2D eigenvalue weighted by molar-refractivity contribution is -0.130. The van der Waals surface area contributed by atoms with Crippen LogP contribution >= 0.6 is 22.6 Å². The molecule has 6 nitrogen and oxygen atoms in total. The molecule has 0 aliphatic carbocycles. The molecule has 0 atom stereocenters. The summed E-state index contributed by atoms with van der Waals surface area (Å²) < 4.78 is 0.935. The van der Waals surface area contributed by atoms with Gasteiger partial charge in [0, 0.05) is 35.4 Å². The van der Waals surface area contributed by atoms with Gasteiger partial charge in [-0.05, 0) is 59.0 Å². The predicted octanol–water partition coefficient (Wildman–Crippen LogP) is 2.56. The third kappa shape index (κ3) is 4.77. The highest BCUT2D eigenvalue weighted by Crippen LogP contribution is 2.15. The van der Waals surface area contributed by atoms with Gasteiger partial charge in [-0.3, -0.25) is 9.59 Å². The summed E-state index contributed by atoms with van der Waals surface area (Å²) in [4.78, 5) is 28.6. The van der Waals surface area contributed by atoms with Gasteiger partial charge in [-0.1, -0.05) is 12.1 Å². The predicted molar refractivity (Wildman–Crippen MR) is 111 cm³/mol. The van der Waals surface area contributed by atoms with Crippen molar-refractivity contribution in [2.45, 2.75) is 0 Å². The van der Waals surface area contributed by atoms with Crippen LogP contribution < -0.4 is 5.32 Å². The summed E-state index contributed by atoms with van der Waals surface area (Å²) in [7, 11) is 0. The average Bonchev–Trinajstić information content (AvgIpc) is 2.72. The summed E-state index contributed by atoms with van der Waals surface area (Å²) in [5, 5.41) is 11.9. The average molecular weight is 474 g/mol. The summed E-state index contributed by atoms with van der Waals surface area (Å²) in [6, 6.07) is 16.6. The van der Waals surface area contributed by atoms with Gasteiger partial charge >= 0.3 is 0 Å². The van der Waals surface area contributed by atoms with Crippen molar-refractivity contribution >= 4 is 40.1 Å². The Morgan fingerprint density at radius 2 is 1.63 bits per heavy atom. The molecular weight excluding hydrogens is 455 g/mol. The van der Waals surface area contributed by atoms with Crippen molar-refractivity contribution in [1.82, 2.24) is 9.80 Å². The number of nitriles is 1. The number of rotatable bonds is 4. The molecule has 27 heavy (non-hydrogen) atoms. The summed E-state index contributed by atoms with van der Waals surface area (Å²) in [6.07, 6.45) is 0. The molecule has 2 aromatic carbocycles. The van der Waals surface area contributed by atoms with E-state index in [-0.39, 0.29) is 18.4 Å². The van der Waals surface area contributed by atoms with Gasteiger partial charge in [0.2, 0.25) is 5.91 Å². The Labute approximate surface area is 171 Å². The molecule has 2 amide bonds. The number of hydrogen-bond donors (Lipinski definition) is 1. The minimum absolute atomic E-state index is 0.000695. The zero-order chi connectivity index (χ0) is 19.2. The maximum Gasteiger partial charge on any atom is 0.255 e. The van der Waals surface area contributed by atoms with Crippen LogP contribution in [0, 0.1) is 14.9 Å². The fraction of sp³-hybridized carbons (Fsp3) is 0.250. The second kappa shape index (κ2) is 8.86. The zero-order valence-corrected chi connectivity index (χ0v) is 16.8. The highest BCUT2D eigenvalue weighted by Gasteiger charge is 2.25. The van der Waals surface area contributed by atoms with Crippen LogP contribution in [0.4, 0.5) is 5.69 Å². The van der Waals surface area contributed by atoms with Crippen LogP contribution in [0.1, 0.15) is 15.9 Å². The summed E-state index contributed by atoms with van der Waals surface area (Å²) in [5.41, 5.74) is 2.09. The Kier molecular flexibility index (Phi) is 6.29. The normalized spacial score (nSPS) is 13.8. The van der Waals surface area contributed by atoms with E-state index in [1.54, 1.807) is 34.1 Å². The lowest BCUT2D eigenvalue weighted by Crippen LogP contribution is -2.51. The van der Waals surface area contributed by atoms with Crippen molar-refractivity contribution in [2.75, 3.05) is 38.0 Å². The SMILES string of the molecule is N#Cc1ccc(NCC(=O)N2CCN(C(=O)c3ccccc3I)CC2)cc1. The van der Waals surface area contributed by atoms with Crippen LogP contribution in [0.15, 0.2) is 48.5 Å². The molecule has 2 aromatic rings. The van der Waals surface area contributed by atoms with Crippen LogP contribution in [0.2, 0.25) is 0 Å². The Hall–Kier alpha value is -2.60. The second-order valence-electron chi connectivity index (χ2n) is 6.20. The number of hydrogen-bond acceptors (Lipinski definition) is 4. The number of halogens is 1. The molecular formula is C20H19IN4O2. The summed E-state index contributed by atoms with van der Waals surface area (Å²) in [6.45, 7) is 2.32. The minimum atomic E-state index is 0.000695. The van der Waals surface area contributed by atoms with Crippen LogP contribution in [-0.2, 0) is 4.79 Å². The van der Waals surface area contributed by atoms with Crippen molar-refractivity contribution in [3.63, 3.8) is 0 Å². The van der Waals surface area contributed by atoms with Gasteiger partial charge < -0.3 is 15.1 Å². The van der Waals surface area contributed by atoms with E-state index in [1.807, 2.05) is 24.3 Å². The quantitative estimate of drug-likeness (QED) is 0.692. The Bertz CT molecular complexity index is 868. The van der Waals surface area contributed by atoms with Gasteiger partial charge in [-0.2, -0.15) is 5.26 Å². The molecule has 1 aliphatic heterocycles. The Morgan fingerprint density at radius 1 is 1.00 bits per heavy atom. The topological polar surface area (TPSA) is 76.4 Å². The van der Waals surface area contributed by atoms with E-state index in [0.29, 0.717) is 37.3 Å². The van der Waals surface area contributed by atoms with E-state index >= 15 is 0 Å². The molecule has 138 valence electrons. The molecule has 1 saturated heterocycles. The first-order valence-corrected chi connectivity index (χ1v) is 9.72. The number of benzene rings is 2. The Balaban J connectivity index is 1.49. The van der Waals surface area contributed by atoms with Gasteiger partial charge in [0.25, 0.3) is 5.91 Å². The number of piperazine rings is 1. The molecule has 0 unspecified atom stereocenters. The largest absolute Gasteiger partial charge is 0.376 e. The molecule has 0 spiro atoms. The Morgan fingerprint density at radius 3 is 2.26 bits per heavy atom. The van der Waals surface area contributed by atoms with E-state index in [2.05, 4.69) is 34.0 Å². The van der Waals surface area contributed by atoms with Gasteiger partial charge in [0.1, 0.15) is 0 Å². The number of amides is 2. The third-order valence-corrected chi connectivity index (χ3v) is 5.42. The minimum Gasteiger partial charge on any atom is -0.376 e. The highest BCUT2D eigenvalue weighted by molar-refractivity contribution is 14.1. The maximum atomic E-state index is 12.6. The van der Waals surface area contributed by atoms with E-state index < -0.39 is 0 Å². The smallest absolute Gasteiger partial charge is 0.255 e. The van der Waals surface area contributed by atoms with Crippen LogP contribution in [0.25, 0.3) is 0 Å². The molecule has 1 heterocycles. The maximum absolute atomic E-state index is 12.6. The van der Waals surface area contributed by atoms with Crippen molar-refractivity contribution < 1.29 is 9.59 Å². The van der Waals surface area contributed by atoms with Gasteiger partial charge in [-0.25, -0.2) is 0 Å². The zero-order valence-electron chi connectivity index (χ0n) is 14.7. The van der Waals surface area contributed by atoms with E-state index in [4.69, 9.17) is 5.26 Å². The number of anilines is 1. The fourth-order valence-corrected chi connectivity index (χ4v) is 3.53. The number of nitrogens with zero attached hydrogens (tertiary/aromatic N) is 3. The lowest BCUT2D eigenvalue weighted by Gasteiger charge is -2.35. The van der Waals surface area contributed by atoms with Crippen LogP contribution in [0.5, 0.6) is 0 Å². The first kappa shape index (κ1) is 19.2. The molecule has 0 bridgehead atoms. The first-order valence-electron chi connectivity index (χ1n) is 8.64. The second-order valence-corrected chi connectivity index (χ2v) is 7.36. The summed E-state index contributed by atoms with van der Waals surface area (Å²) >= 11 is 2.17. The molecule has 1 aliphatic rings. The lowest BCUT2D eigenvalue weighted by atomic mass is 10.2. The third-order valence-electron chi connectivity index (χ3n) is 4.48. The molecule has 0 aromatic heterocycles. The van der Waals surface area contributed by atoms with Crippen molar-refractivity contribution in [1.29, 1.82) is 5.26 Å². The number of carbonyl (C=O) groups excluding carboxylic acids is 2. The van der Waals surface area contributed by atoms with Gasteiger partial charge in [0.05, 0.1) is 23.7 Å². The van der Waals surface area contributed by atoms with Crippen LogP contribution in [0.3, 0.4) is 0 Å². The van der Waals surface area contributed by atoms with Gasteiger partial charge in [-0.15, -0.1) is 0 Å². The van der Waals surface area contributed by atoms with E-state index in [1.165, 1.54) is 0 Å². The molecule has 0 radical (unpaired) electrons. The van der Waals surface area contributed by atoms with Gasteiger partial charge in [0.15, 0.2) is 0 Å². The molecule has 1 N–H and O–H groups in total. The first-order chi connectivity index (χ1) is 13.1. The van der Waals surface area contributed by atoms with Crippen molar-refractivity contribution in [3.05, 3.63) is 63.2 Å². The molecule has 7 heteroatoms. The summed E-state index contributed by atoms with van der Waals surface area (Å²) in [5.74, 6) is 0.0172. The fourth-order valence-electron chi connectivity index (χ4n) is 2.92. The van der Waals surface area contributed by atoms with E-state index in [9.17, 15) is 9.59 Å². The van der Waals surface area contributed by atoms with Crippen LogP contribution in [-0.4, -0.2) is 54.3 Å². The monoisotopic (exact) mass is 474 g/mol. The molecule has 0 saturated carbocycles. The van der Waals surface area contributed by atoms with Crippen molar-refractivity contribution in [2.24, 2.45) is 0 Å². The van der Waals surface area contributed by atoms with E-state index in [0.717, 1.165) is 9.26 Å².